The van der Waals surface area contributed by atoms with Crippen molar-refractivity contribution >= 4 is 17.8 Å². The van der Waals surface area contributed by atoms with Gasteiger partial charge in [-0.15, -0.1) is 0 Å². The highest BCUT2D eigenvalue weighted by molar-refractivity contribution is 5.97. The minimum absolute atomic E-state index is 0. The number of hydrogen-bond acceptors (Lipinski definition) is 7. The third-order valence-electron chi connectivity index (χ3n) is 5.02. The van der Waals surface area contributed by atoms with E-state index in [0.29, 0.717) is 37.2 Å². The number of fused-ring (bicyclic) bond motifs is 1. The van der Waals surface area contributed by atoms with Gasteiger partial charge in [-0.2, -0.15) is 0 Å². The molecule has 0 spiro atoms. The first-order valence-electron chi connectivity index (χ1n) is 10.5. The van der Waals surface area contributed by atoms with E-state index in [4.69, 9.17) is 14.2 Å². The Bertz CT molecular complexity index is 799. The molecule has 1 saturated heterocycles. The van der Waals surface area contributed by atoms with E-state index >= 15 is 0 Å². The quantitative estimate of drug-likeness (QED) is 0.679. The topological polar surface area (TPSA) is 148 Å². The summed E-state index contributed by atoms with van der Waals surface area (Å²) in [5.74, 6) is -0.192. The molecule has 1 aromatic carbocycles. The summed E-state index contributed by atoms with van der Waals surface area (Å²) in [6, 6.07) is 3.19. The molecular formula is C23H33NO8. The number of aromatic hydroxyl groups is 1. The van der Waals surface area contributed by atoms with E-state index in [9.17, 15) is 14.7 Å². The molecule has 5 N–H and O–H groups in total. The van der Waals surface area contributed by atoms with Crippen molar-refractivity contribution in [2.45, 2.75) is 25.7 Å². The van der Waals surface area contributed by atoms with Crippen LogP contribution in [-0.4, -0.2) is 78.8 Å². The lowest BCUT2D eigenvalue weighted by atomic mass is 10.0. The predicted molar refractivity (Wildman–Crippen MR) is 120 cm³/mol. The number of carbonyl (C=O) groups is 2. The van der Waals surface area contributed by atoms with Crippen molar-refractivity contribution in [2.24, 2.45) is 0 Å². The van der Waals surface area contributed by atoms with Crippen LogP contribution in [0.4, 0.5) is 0 Å². The Morgan fingerprint density at radius 3 is 2.53 bits per heavy atom. The molecule has 0 amide bonds. The number of nitrogens with zero attached hydrogens (tertiary/aromatic N) is 1. The van der Waals surface area contributed by atoms with E-state index in [1.807, 2.05) is 6.08 Å². The first-order valence-corrected chi connectivity index (χ1v) is 10.5. The first-order chi connectivity index (χ1) is 14.6. The predicted octanol–water partition coefficient (Wildman–Crippen LogP) is 1.32. The first kappa shape index (κ1) is 27.3. The summed E-state index contributed by atoms with van der Waals surface area (Å²) >= 11 is 0. The van der Waals surface area contributed by atoms with Crippen molar-refractivity contribution in [1.82, 2.24) is 4.90 Å². The number of hydrogen-bond donors (Lipinski definition) is 1. The summed E-state index contributed by atoms with van der Waals surface area (Å²) in [6.07, 6.45) is 9.26. The van der Waals surface area contributed by atoms with Crippen molar-refractivity contribution in [3.05, 3.63) is 41.5 Å². The van der Waals surface area contributed by atoms with Gasteiger partial charge in [0, 0.05) is 32.1 Å². The van der Waals surface area contributed by atoms with Gasteiger partial charge < -0.3 is 30.3 Å². The number of carbonyl (C=O) groups excluding carboxylic acids is 2. The molecule has 2 aliphatic heterocycles. The van der Waals surface area contributed by atoms with Gasteiger partial charge in [0.1, 0.15) is 23.7 Å². The molecule has 1 fully saturated rings. The molecule has 0 bridgehead atoms. The second-order valence-electron chi connectivity index (χ2n) is 7.30. The van der Waals surface area contributed by atoms with Crippen molar-refractivity contribution < 1.29 is 39.9 Å². The number of phenolic OH excluding ortho intramolecular Hbond substituents is 1. The minimum atomic E-state index is -0.594. The van der Waals surface area contributed by atoms with Gasteiger partial charge in [0.15, 0.2) is 5.78 Å². The normalized spacial score (nSPS) is 19.9. The van der Waals surface area contributed by atoms with Gasteiger partial charge in [0.05, 0.1) is 19.8 Å². The molecule has 32 heavy (non-hydrogen) atoms. The fourth-order valence-electron chi connectivity index (χ4n) is 3.37. The lowest BCUT2D eigenvalue weighted by Crippen LogP contribution is -2.38. The van der Waals surface area contributed by atoms with Crippen LogP contribution < -0.4 is 4.74 Å². The van der Waals surface area contributed by atoms with Gasteiger partial charge in [-0.05, 0) is 37.0 Å². The molecule has 1 aromatic rings. The number of rotatable bonds is 4. The van der Waals surface area contributed by atoms with Crippen LogP contribution in [0.2, 0.25) is 0 Å². The summed E-state index contributed by atoms with van der Waals surface area (Å²) in [5.41, 5.74) is 0.671. The number of ether oxygens (including phenoxy) is 3. The molecule has 9 nitrogen and oxygen atoms in total. The lowest BCUT2D eigenvalue weighted by molar-refractivity contribution is -0.114. The van der Waals surface area contributed by atoms with Crippen LogP contribution in [0.1, 0.15) is 41.6 Å². The zero-order chi connectivity index (χ0) is 21.2. The molecule has 2 aliphatic rings. The van der Waals surface area contributed by atoms with E-state index < -0.39 is 5.97 Å². The molecule has 0 saturated carbocycles. The monoisotopic (exact) mass is 451 g/mol. The Balaban J connectivity index is 0.00000256. The Hall–Kier alpha value is -2.72. The molecule has 2 heterocycles. The summed E-state index contributed by atoms with van der Waals surface area (Å²) in [6.45, 7) is 4.60. The maximum Gasteiger partial charge on any atom is 0.342 e. The van der Waals surface area contributed by atoms with E-state index in [1.54, 1.807) is 18.2 Å². The fraction of sp³-hybridized carbons (Fsp3) is 0.478. The molecule has 0 aromatic heterocycles. The second kappa shape index (κ2) is 14.4. The smallest absolute Gasteiger partial charge is 0.342 e. The summed E-state index contributed by atoms with van der Waals surface area (Å²) in [7, 11) is 0. The molecule has 9 heteroatoms. The van der Waals surface area contributed by atoms with Crippen molar-refractivity contribution in [2.75, 3.05) is 46.1 Å². The third kappa shape index (κ3) is 8.43. The molecule has 178 valence electrons. The van der Waals surface area contributed by atoms with Crippen molar-refractivity contribution in [3.63, 3.8) is 0 Å². The van der Waals surface area contributed by atoms with Crippen LogP contribution in [-0.2, 0) is 14.3 Å². The molecular weight excluding hydrogens is 418 g/mol. The number of cyclic esters (lactones) is 1. The van der Waals surface area contributed by atoms with E-state index in [-0.39, 0.29) is 34.7 Å². The van der Waals surface area contributed by atoms with Crippen molar-refractivity contribution in [1.29, 1.82) is 0 Å². The summed E-state index contributed by atoms with van der Waals surface area (Å²) < 4.78 is 16.4. The van der Waals surface area contributed by atoms with E-state index in [1.165, 1.54) is 12.1 Å². The Kier molecular flexibility index (Phi) is 12.3. The van der Waals surface area contributed by atoms with Crippen LogP contribution in [0, 0.1) is 0 Å². The Labute approximate surface area is 187 Å². The Morgan fingerprint density at radius 1 is 1.00 bits per heavy atom. The van der Waals surface area contributed by atoms with Gasteiger partial charge in [0.2, 0.25) is 0 Å². The number of morpholine rings is 1. The van der Waals surface area contributed by atoms with Gasteiger partial charge in [-0.25, -0.2) is 4.79 Å². The maximum absolute atomic E-state index is 12.5. The highest BCUT2D eigenvalue weighted by Crippen LogP contribution is 2.30. The second-order valence-corrected chi connectivity index (χ2v) is 7.30. The van der Waals surface area contributed by atoms with Crippen LogP contribution in [0.15, 0.2) is 30.4 Å². The molecule has 0 atom stereocenters. The average molecular weight is 452 g/mol. The van der Waals surface area contributed by atoms with Crippen LogP contribution >= 0.6 is 0 Å². The number of phenols is 1. The zero-order valence-corrected chi connectivity index (χ0v) is 18.2. The van der Waals surface area contributed by atoms with Gasteiger partial charge in [0.25, 0.3) is 0 Å². The van der Waals surface area contributed by atoms with Gasteiger partial charge >= 0.3 is 5.97 Å². The molecule has 0 aliphatic carbocycles. The number of esters is 1. The van der Waals surface area contributed by atoms with Crippen LogP contribution in [0.3, 0.4) is 0 Å². The largest absolute Gasteiger partial charge is 0.507 e. The summed E-state index contributed by atoms with van der Waals surface area (Å²) in [5, 5.41) is 10.5. The van der Waals surface area contributed by atoms with Gasteiger partial charge in [-0.1, -0.05) is 18.2 Å². The zero-order valence-electron chi connectivity index (χ0n) is 18.2. The highest BCUT2D eigenvalue weighted by Gasteiger charge is 2.19. The molecule has 3 rings (SSSR count). The van der Waals surface area contributed by atoms with Crippen LogP contribution in [0.5, 0.6) is 11.5 Å². The van der Waals surface area contributed by atoms with E-state index in [0.717, 1.165) is 39.3 Å². The average Bonchev–Trinajstić information content (AvgIpc) is 2.73. The number of allylic oxidation sites excluding steroid dienone is 2. The number of benzene rings is 1. The van der Waals surface area contributed by atoms with Crippen LogP contribution in [0.25, 0.3) is 6.08 Å². The Morgan fingerprint density at radius 2 is 1.75 bits per heavy atom. The van der Waals surface area contributed by atoms with Crippen molar-refractivity contribution in [3.8, 4) is 11.5 Å². The minimum Gasteiger partial charge on any atom is -0.507 e. The van der Waals surface area contributed by atoms with E-state index in [2.05, 4.69) is 4.90 Å². The summed E-state index contributed by atoms with van der Waals surface area (Å²) in [4.78, 5) is 26.5. The third-order valence-corrected chi connectivity index (χ3v) is 5.02. The molecule has 0 unspecified atom stereocenters. The van der Waals surface area contributed by atoms with Gasteiger partial charge in [-0.3, -0.25) is 9.69 Å². The number of ketones is 1. The fourth-order valence-corrected chi connectivity index (χ4v) is 3.37. The maximum atomic E-state index is 12.5. The SMILES string of the molecule is O.O.O=C1/C=C\CCOC(=O)c2c(O)cc(OCCN3CCOCC3)cc2/C=C/CCC1. The molecule has 0 radical (unpaired) electrons. The standard InChI is InChI=1S/C23H29NO6.2H2O/c25-19-7-3-1-2-6-18-16-20(29-15-11-24-9-13-28-14-10-24)17-21(26)22(18)23(27)30-12-5-4-8-19;;/h2,4,6,8,16-17,26H,1,3,5,7,9-15H2;2*1H2/b6-2+,8-4-;;. The lowest BCUT2D eigenvalue weighted by Gasteiger charge is -2.26. The highest BCUT2D eigenvalue weighted by atomic mass is 16.5.